The predicted octanol–water partition coefficient (Wildman–Crippen LogP) is 1.39. The van der Waals surface area contributed by atoms with Gasteiger partial charge in [-0.05, 0) is 11.6 Å². The second-order valence-corrected chi connectivity index (χ2v) is 5.10. The standard InChI is InChI=1S/C16H23N3O2/c1-21-11-10-18(12-15-6-3-2-4-7-15)13-16(20)14-19-9-5-8-17-19/h2-9,16,20H,10-14H2,1H3/t16-/m1/s1. The van der Waals surface area contributed by atoms with Crippen LogP contribution in [0.15, 0.2) is 48.8 Å². The SMILES string of the molecule is COCCN(Cc1ccccc1)C[C@@H](O)Cn1cccn1. The Labute approximate surface area is 125 Å². The number of nitrogens with zero attached hydrogens (tertiary/aromatic N) is 3. The van der Waals surface area contributed by atoms with Gasteiger partial charge in [-0.15, -0.1) is 0 Å². The first-order valence-corrected chi connectivity index (χ1v) is 7.18. The Morgan fingerprint density at radius 2 is 2.10 bits per heavy atom. The molecule has 21 heavy (non-hydrogen) atoms. The van der Waals surface area contributed by atoms with E-state index < -0.39 is 6.10 Å². The molecule has 0 unspecified atom stereocenters. The van der Waals surface area contributed by atoms with Crippen LogP contribution in [0.3, 0.4) is 0 Å². The molecule has 5 nitrogen and oxygen atoms in total. The van der Waals surface area contributed by atoms with Gasteiger partial charge in [0.05, 0.1) is 19.3 Å². The molecule has 0 radical (unpaired) electrons. The van der Waals surface area contributed by atoms with E-state index in [1.807, 2.05) is 30.5 Å². The molecule has 1 aromatic heterocycles. The number of aromatic nitrogens is 2. The minimum atomic E-state index is -0.453. The summed E-state index contributed by atoms with van der Waals surface area (Å²) in [4.78, 5) is 2.20. The second-order valence-electron chi connectivity index (χ2n) is 5.10. The summed E-state index contributed by atoms with van der Waals surface area (Å²) in [5.74, 6) is 0. The van der Waals surface area contributed by atoms with Crippen molar-refractivity contribution >= 4 is 0 Å². The van der Waals surface area contributed by atoms with Crippen LogP contribution in [-0.2, 0) is 17.8 Å². The Bertz CT molecular complexity index is 487. The average Bonchev–Trinajstić information content (AvgIpc) is 2.98. The number of methoxy groups -OCH3 is 1. The molecule has 0 fully saturated rings. The molecule has 1 aromatic carbocycles. The Hall–Kier alpha value is -1.69. The molecule has 0 bridgehead atoms. The highest BCUT2D eigenvalue weighted by atomic mass is 16.5. The lowest BCUT2D eigenvalue weighted by Crippen LogP contribution is -2.36. The first-order valence-electron chi connectivity index (χ1n) is 7.18. The number of hydrogen-bond donors (Lipinski definition) is 1. The van der Waals surface area contributed by atoms with Crippen molar-refractivity contribution in [3.05, 3.63) is 54.4 Å². The van der Waals surface area contributed by atoms with Crippen molar-refractivity contribution in [2.75, 3.05) is 26.8 Å². The molecule has 114 valence electrons. The van der Waals surface area contributed by atoms with Gasteiger partial charge in [0.15, 0.2) is 0 Å². The fraction of sp³-hybridized carbons (Fsp3) is 0.438. The summed E-state index contributed by atoms with van der Waals surface area (Å²) in [5, 5.41) is 14.3. The van der Waals surface area contributed by atoms with Crippen molar-refractivity contribution in [2.45, 2.75) is 19.2 Å². The van der Waals surface area contributed by atoms with Crippen LogP contribution >= 0.6 is 0 Å². The predicted molar refractivity (Wildman–Crippen MR) is 81.8 cm³/mol. The number of hydrogen-bond acceptors (Lipinski definition) is 4. The number of benzene rings is 1. The van der Waals surface area contributed by atoms with Crippen molar-refractivity contribution in [3.63, 3.8) is 0 Å². The molecule has 1 atom stereocenters. The van der Waals surface area contributed by atoms with Crippen molar-refractivity contribution < 1.29 is 9.84 Å². The summed E-state index contributed by atoms with van der Waals surface area (Å²) >= 11 is 0. The Morgan fingerprint density at radius 1 is 1.29 bits per heavy atom. The first-order chi connectivity index (χ1) is 10.3. The molecule has 1 N–H and O–H groups in total. The first kappa shape index (κ1) is 15.7. The van der Waals surface area contributed by atoms with Crippen LogP contribution in [-0.4, -0.2) is 52.7 Å². The zero-order valence-electron chi connectivity index (χ0n) is 12.4. The second kappa shape index (κ2) is 8.56. The summed E-state index contributed by atoms with van der Waals surface area (Å²) in [6.45, 7) is 3.35. The topological polar surface area (TPSA) is 50.5 Å². The summed E-state index contributed by atoms with van der Waals surface area (Å²) in [6, 6.07) is 12.1. The van der Waals surface area contributed by atoms with Crippen LogP contribution < -0.4 is 0 Å². The minimum absolute atomic E-state index is 0.453. The van der Waals surface area contributed by atoms with Crippen LogP contribution in [0.4, 0.5) is 0 Å². The van der Waals surface area contributed by atoms with Gasteiger partial charge in [-0.3, -0.25) is 9.58 Å². The van der Waals surface area contributed by atoms with E-state index in [1.165, 1.54) is 5.56 Å². The zero-order chi connectivity index (χ0) is 14.9. The van der Waals surface area contributed by atoms with E-state index in [0.29, 0.717) is 19.7 Å². The number of ether oxygens (including phenoxy) is 1. The van der Waals surface area contributed by atoms with Crippen LogP contribution in [0.5, 0.6) is 0 Å². The van der Waals surface area contributed by atoms with Gasteiger partial charge in [0, 0.05) is 39.1 Å². The molecule has 0 saturated heterocycles. The van der Waals surface area contributed by atoms with Gasteiger partial charge < -0.3 is 9.84 Å². The molecular weight excluding hydrogens is 266 g/mol. The van der Waals surface area contributed by atoms with E-state index in [4.69, 9.17) is 4.74 Å². The van der Waals surface area contributed by atoms with E-state index in [2.05, 4.69) is 22.1 Å². The maximum atomic E-state index is 10.2. The molecule has 2 rings (SSSR count). The number of rotatable bonds is 9. The van der Waals surface area contributed by atoms with E-state index in [9.17, 15) is 5.11 Å². The van der Waals surface area contributed by atoms with Crippen LogP contribution in [0.2, 0.25) is 0 Å². The number of aliphatic hydroxyl groups excluding tert-OH is 1. The molecule has 5 heteroatoms. The fourth-order valence-electron chi connectivity index (χ4n) is 2.28. The third-order valence-corrected chi connectivity index (χ3v) is 3.29. The van der Waals surface area contributed by atoms with Crippen molar-refractivity contribution in [3.8, 4) is 0 Å². The molecule has 0 aliphatic rings. The van der Waals surface area contributed by atoms with E-state index >= 15 is 0 Å². The highest BCUT2D eigenvalue weighted by Crippen LogP contribution is 2.06. The van der Waals surface area contributed by atoms with Crippen molar-refractivity contribution in [1.82, 2.24) is 14.7 Å². The third kappa shape index (κ3) is 5.67. The smallest absolute Gasteiger partial charge is 0.0862 e. The molecular formula is C16H23N3O2. The van der Waals surface area contributed by atoms with E-state index in [-0.39, 0.29) is 0 Å². The Morgan fingerprint density at radius 3 is 2.76 bits per heavy atom. The van der Waals surface area contributed by atoms with E-state index in [0.717, 1.165) is 13.1 Å². The van der Waals surface area contributed by atoms with E-state index in [1.54, 1.807) is 18.0 Å². The highest BCUT2D eigenvalue weighted by Gasteiger charge is 2.13. The molecule has 1 heterocycles. The largest absolute Gasteiger partial charge is 0.390 e. The third-order valence-electron chi connectivity index (χ3n) is 3.29. The van der Waals surface area contributed by atoms with Gasteiger partial charge in [-0.2, -0.15) is 5.10 Å². The molecule has 0 spiro atoms. The molecule has 2 aromatic rings. The van der Waals surface area contributed by atoms with Crippen molar-refractivity contribution in [1.29, 1.82) is 0 Å². The van der Waals surface area contributed by atoms with Gasteiger partial charge in [-0.1, -0.05) is 30.3 Å². The van der Waals surface area contributed by atoms with Gasteiger partial charge >= 0.3 is 0 Å². The maximum Gasteiger partial charge on any atom is 0.0862 e. The maximum absolute atomic E-state index is 10.2. The van der Waals surface area contributed by atoms with Gasteiger partial charge in [-0.25, -0.2) is 0 Å². The summed E-state index contributed by atoms with van der Waals surface area (Å²) in [5.41, 5.74) is 1.24. The molecule has 0 amide bonds. The lowest BCUT2D eigenvalue weighted by atomic mass is 10.2. The molecule has 0 saturated carbocycles. The molecule has 0 aliphatic carbocycles. The monoisotopic (exact) mass is 289 g/mol. The quantitative estimate of drug-likeness (QED) is 0.758. The van der Waals surface area contributed by atoms with Gasteiger partial charge in [0.25, 0.3) is 0 Å². The summed E-state index contributed by atoms with van der Waals surface area (Å²) in [6.07, 6.45) is 3.13. The highest BCUT2D eigenvalue weighted by molar-refractivity contribution is 5.14. The Kier molecular flexibility index (Phi) is 6.40. The fourth-order valence-corrected chi connectivity index (χ4v) is 2.28. The zero-order valence-corrected chi connectivity index (χ0v) is 12.4. The van der Waals surface area contributed by atoms with Gasteiger partial charge in [0.1, 0.15) is 0 Å². The normalized spacial score (nSPS) is 12.7. The van der Waals surface area contributed by atoms with Crippen molar-refractivity contribution in [2.24, 2.45) is 0 Å². The lowest BCUT2D eigenvalue weighted by molar-refractivity contribution is 0.0734. The molecule has 0 aliphatic heterocycles. The van der Waals surface area contributed by atoms with Gasteiger partial charge in [0.2, 0.25) is 0 Å². The van der Waals surface area contributed by atoms with Crippen LogP contribution in [0.1, 0.15) is 5.56 Å². The Balaban J connectivity index is 1.89. The average molecular weight is 289 g/mol. The van der Waals surface area contributed by atoms with Crippen LogP contribution in [0, 0.1) is 0 Å². The lowest BCUT2D eigenvalue weighted by Gasteiger charge is -2.25. The summed E-state index contributed by atoms with van der Waals surface area (Å²) in [7, 11) is 1.70. The minimum Gasteiger partial charge on any atom is -0.390 e. The number of aliphatic hydroxyl groups is 1. The summed E-state index contributed by atoms with van der Waals surface area (Å²) < 4.78 is 6.91. The van der Waals surface area contributed by atoms with Crippen LogP contribution in [0.25, 0.3) is 0 Å².